The molecular formula is C8H10F3NO5. The number of carbonyl (C=O) groups excluding carboxylic acids is 2. The fraction of sp³-hybridized carbons (Fsp3) is 0.625. The summed E-state index contributed by atoms with van der Waals surface area (Å²) >= 11 is 0. The van der Waals surface area contributed by atoms with Crippen molar-refractivity contribution in [3.63, 3.8) is 0 Å². The third-order valence-corrected chi connectivity index (χ3v) is 1.59. The van der Waals surface area contributed by atoms with Gasteiger partial charge >= 0.3 is 18.1 Å². The predicted molar refractivity (Wildman–Crippen MR) is 46.9 cm³/mol. The molecule has 0 saturated carbocycles. The highest BCUT2D eigenvalue weighted by atomic mass is 19.4. The van der Waals surface area contributed by atoms with Crippen LogP contribution in [-0.2, 0) is 19.1 Å². The van der Waals surface area contributed by atoms with Gasteiger partial charge in [-0.05, 0) is 0 Å². The van der Waals surface area contributed by atoms with Crippen LogP contribution in [0.1, 0.15) is 12.8 Å². The lowest BCUT2D eigenvalue weighted by Gasteiger charge is -2.14. The highest BCUT2D eigenvalue weighted by molar-refractivity contribution is 5.87. The molecule has 0 aromatic rings. The van der Waals surface area contributed by atoms with Crippen LogP contribution in [0.4, 0.5) is 13.2 Å². The standard InChI is InChI=1S/C8H10F3NO5/c1-17-6(14)2-4(7(15)16)12-5(13)3-8(9,10)11/h4H,2-3H2,1H3,(H,12,13)(H,15,16)/t4-/m0/s1. The number of halogens is 3. The van der Waals surface area contributed by atoms with E-state index in [1.54, 1.807) is 5.32 Å². The predicted octanol–water partition coefficient (Wildman–Crippen LogP) is 0.0713. The zero-order valence-electron chi connectivity index (χ0n) is 8.71. The van der Waals surface area contributed by atoms with Crippen molar-refractivity contribution in [3.8, 4) is 0 Å². The maximum absolute atomic E-state index is 11.8. The lowest BCUT2D eigenvalue weighted by atomic mass is 10.2. The summed E-state index contributed by atoms with van der Waals surface area (Å²) in [7, 11) is 0.985. The SMILES string of the molecule is COC(=O)C[C@H](NC(=O)CC(F)(F)F)C(=O)O. The highest BCUT2D eigenvalue weighted by Gasteiger charge is 2.33. The summed E-state index contributed by atoms with van der Waals surface area (Å²) in [5, 5.41) is 10.1. The van der Waals surface area contributed by atoms with Gasteiger partial charge in [-0.25, -0.2) is 4.79 Å². The minimum absolute atomic E-state index is 0.741. The molecule has 0 aromatic heterocycles. The molecule has 0 fully saturated rings. The average molecular weight is 257 g/mol. The molecule has 6 nitrogen and oxygen atoms in total. The van der Waals surface area contributed by atoms with Crippen molar-refractivity contribution in [1.82, 2.24) is 5.32 Å². The van der Waals surface area contributed by atoms with Gasteiger partial charge in [0.2, 0.25) is 5.91 Å². The second-order valence-corrected chi connectivity index (χ2v) is 3.03. The molecule has 0 aliphatic rings. The van der Waals surface area contributed by atoms with E-state index in [0.717, 1.165) is 7.11 Å². The van der Waals surface area contributed by atoms with Gasteiger partial charge in [-0.15, -0.1) is 0 Å². The summed E-state index contributed by atoms with van der Waals surface area (Å²) < 4.78 is 39.5. The molecule has 1 amide bonds. The molecule has 0 spiro atoms. The third kappa shape index (κ3) is 7.14. The van der Waals surface area contributed by atoms with Crippen LogP contribution >= 0.6 is 0 Å². The Hall–Kier alpha value is -1.80. The number of alkyl halides is 3. The van der Waals surface area contributed by atoms with Crippen molar-refractivity contribution in [1.29, 1.82) is 0 Å². The molecular weight excluding hydrogens is 247 g/mol. The number of aliphatic carboxylic acids is 1. The number of carbonyl (C=O) groups is 3. The Labute approximate surface area is 93.7 Å². The average Bonchev–Trinajstić information content (AvgIpc) is 2.13. The number of carboxylic acids is 1. The second kappa shape index (κ2) is 6.06. The second-order valence-electron chi connectivity index (χ2n) is 3.03. The minimum atomic E-state index is -4.74. The molecule has 0 bridgehead atoms. The van der Waals surface area contributed by atoms with Gasteiger partial charge < -0.3 is 15.2 Å². The van der Waals surface area contributed by atoms with E-state index in [2.05, 4.69) is 4.74 Å². The Morgan fingerprint density at radius 3 is 2.24 bits per heavy atom. The van der Waals surface area contributed by atoms with Crippen molar-refractivity contribution in [2.24, 2.45) is 0 Å². The van der Waals surface area contributed by atoms with Crippen molar-refractivity contribution in [3.05, 3.63) is 0 Å². The maximum atomic E-state index is 11.8. The first-order valence-corrected chi connectivity index (χ1v) is 4.31. The summed E-state index contributed by atoms with van der Waals surface area (Å²) in [4.78, 5) is 32.1. The Kier molecular flexibility index (Phi) is 5.42. The molecule has 9 heteroatoms. The largest absolute Gasteiger partial charge is 0.480 e. The van der Waals surface area contributed by atoms with Crippen LogP contribution < -0.4 is 5.32 Å². The normalized spacial score (nSPS) is 12.7. The number of hydrogen-bond acceptors (Lipinski definition) is 4. The quantitative estimate of drug-likeness (QED) is 0.680. The van der Waals surface area contributed by atoms with Gasteiger partial charge in [0.15, 0.2) is 0 Å². The highest BCUT2D eigenvalue weighted by Crippen LogP contribution is 2.19. The van der Waals surface area contributed by atoms with Gasteiger partial charge in [0.05, 0.1) is 13.5 Å². The molecule has 0 aliphatic carbocycles. The van der Waals surface area contributed by atoms with Gasteiger partial charge in [0, 0.05) is 0 Å². The molecule has 1 atom stereocenters. The first-order valence-electron chi connectivity index (χ1n) is 4.31. The molecule has 0 unspecified atom stereocenters. The van der Waals surface area contributed by atoms with Crippen LogP contribution in [0.2, 0.25) is 0 Å². The van der Waals surface area contributed by atoms with Crippen molar-refractivity contribution in [2.45, 2.75) is 25.1 Å². The van der Waals surface area contributed by atoms with E-state index in [9.17, 15) is 27.6 Å². The topological polar surface area (TPSA) is 92.7 Å². The number of carboxylic acid groups (broad SMARTS) is 1. The fourth-order valence-electron chi connectivity index (χ4n) is 0.877. The van der Waals surface area contributed by atoms with Crippen LogP contribution in [0, 0.1) is 0 Å². The van der Waals surface area contributed by atoms with Crippen molar-refractivity contribution in [2.75, 3.05) is 7.11 Å². The smallest absolute Gasteiger partial charge is 0.397 e. The van der Waals surface area contributed by atoms with Crippen LogP contribution in [0.15, 0.2) is 0 Å². The monoisotopic (exact) mass is 257 g/mol. The van der Waals surface area contributed by atoms with E-state index in [0.29, 0.717) is 0 Å². The van der Waals surface area contributed by atoms with Crippen molar-refractivity contribution >= 4 is 17.8 Å². The van der Waals surface area contributed by atoms with Gasteiger partial charge in [-0.3, -0.25) is 9.59 Å². The van der Waals surface area contributed by atoms with E-state index < -0.39 is 42.9 Å². The molecule has 0 rings (SSSR count). The Balaban J connectivity index is 4.41. The fourth-order valence-corrected chi connectivity index (χ4v) is 0.877. The Morgan fingerprint density at radius 2 is 1.88 bits per heavy atom. The molecule has 0 radical (unpaired) electrons. The summed E-state index contributed by atoms with van der Waals surface area (Å²) in [6.45, 7) is 0. The summed E-state index contributed by atoms with van der Waals surface area (Å²) in [5.41, 5.74) is 0. The number of rotatable bonds is 5. The Morgan fingerprint density at radius 1 is 1.35 bits per heavy atom. The number of amides is 1. The number of nitrogens with one attached hydrogen (secondary N) is 1. The first kappa shape index (κ1) is 15.2. The number of methoxy groups -OCH3 is 1. The van der Waals surface area contributed by atoms with E-state index in [4.69, 9.17) is 5.11 Å². The van der Waals surface area contributed by atoms with Crippen molar-refractivity contribution < 1.29 is 37.4 Å². The minimum Gasteiger partial charge on any atom is -0.480 e. The molecule has 17 heavy (non-hydrogen) atoms. The molecule has 0 aromatic carbocycles. The lowest BCUT2D eigenvalue weighted by molar-refractivity contribution is -0.157. The summed E-state index contributed by atoms with van der Waals surface area (Å²) in [5.74, 6) is -4.09. The zero-order chi connectivity index (χ0) is 13.6. The number of hydrogen-bond donors (Lipinski definition) is 2. The van der Waals surface area contributed by atoms with Gasteiger partial charge in [0.25, 0.3) is 0 Å². The number of ether oxygens (including phenoxy) is 1. The molecule has 0 heterocycles. The van der Waals surface area contributed by atoms with E-state index in [-0.39, 0.29) is 0 Å². The zero-order valence-corrected chi connectivity index (χ0v) is 8.71. The third-order valence-electron chi connectivity index (χ3n) is 1.59. The molecule has 2 N–H and O–H groups in total. The van der Waals surface area contributed by atoms with Crippen LogP contribution in [-0.4, -0.2) is 42.3 Å². The first-order chi connectivity index (χ1) is 7.65. The molecule has 0 saturated heterocycles. The van der Waals surface area contributed by atoms with Gasteiger partial charge in [-0.2, -0.15) is 13.2 Å². The van der Waals surface area contributed by atoms with Gasteiger partial charge in [-0.1, -0.05) is 0 Å². The summed E-state index contributed by atoms with van der Waals surface area (Å²) in [6.07, 6.45) is -7.29. The van der Waals surface area contributed by atoms with E-state index in [1.807, 2.05) is 0 Å². The molecule has 98 valence electrons. The molecule has 0 aliphatic heterocycles. The van der Waals surface area contributed by atoms with E-state index >= 15 is 0 Å². The van der Waals surface area contributed by atoms with Crippen LogP contribution in [0.3, 0.4) is 0 Å². The number of esters is 1. The van der Waals surface area contributed by atoms with Gasteiger partial charge in [0.1, 0.15) is 12.5 Å². The van der Waals surface area contributed by atoms with Crippen LogP contribution in [0.25, 0.3) is 0 Å². The maximum Gasteiger partial charge on any atom is 0.397 e. The van der Waals surface area contributed by atoms with Crippen LogP contribution in [0.5, 0.6) is 0 Å². The summed E-state index contributed by atoms with van der Waals surface area (Å²) in [6, 6.07) is -1.74. The lowest BCUT2D eigenvalue weighted by Crippen LogP contribution is -2.43. The van der Waals surface area contributed by atoms with E-state index in [1.165, 1.54) is 0 Å². The Bertz CT molecular complexity index is 315.